The molecule has 8 heteroatoms. The van der Waals surface area contributed by atoms with E-state index in [4.69, 9.17) is 4.74 Å². The molecule has 2 N–H and O–H groups in total. The van der Waals surface area contributed by atoms with Crippen molar-refractivity contribution in [3.05, 3.63) is 47.9 Å². The van der Waals surface area contributed by atoms with Crippen molar-refractivity contribution in [3.8, 4) is 0 Å². The van der Waals surface area contributed by atoms with E-state index in [0.29, 0.717) is 36.1 Å². The van der Waals surface area contributed by atoms with Crippen LogP contribution in [-0.4, -0.2) is 48.1 Å². The molecule has 2 aromatic heterocycles. The van der Waals surface area contributed by atoms with Crippen molar-refractivity contribution in [2.45, 2.75) is 19.4 Å². The fourth-order valence-electron chi connectivity index (χ4n) is 3.48. The molecule has 0 unspecified atom stereocenters. The average molecular weight is 381 g/mol. The van der Waals surface area contributed by atoms with Crippen molar-refractivity contribution >= 4 is 23.3 Å². The summed E-state index contributed by atoms with van der Waals surface area (Å²) in [6.07, 6.45) is 6.79. The smallest absolute Gasteiger partial charge is 0.253 e. The fraction of sp³-hybridized carbons (Fsp3) is 0.400. The Kier molecular flexibility index (Phi) is 5.48. The minimum absolute atomic E-state index is 0.00450. The lowest BCUT2D eigenvalue weighted by Gasteiger charge is -2.33. The number of pyridine rings is 2. The van der Waals surface area contributed by atoms with Crippen LogP contribution in [0.25, 0.3) is 0 Å². The van der Waals surface area contributed by atoms with Gasteiger partial charge in [0.15, 0.2) is 0 Å². The van der Waals surface area contributed by atoms with Crippen molar-refractivity contribution in [2.75, 3.05) is 36.5 Å². The molecule has 0 aliphatic carbocycles. The predicted octanol–water partition coefficient (Wildman–Crippen LogP) is 1.59. The number of aromatic nitrogens is 2. The van der Waals surface area contributed by atoms with E-state index in [-0.39, 0.29) is 18.4 Å². The van der Waals surface area contributed by atoms with E-state index in [9.17, 15) is 9.59 Å². The highest BCUT2D eigenvalue weighted by Crippen LogP contribution is 2.30. The highest BCUT2D eigenvalue weighted by Gasteiger charge is 2.29. The summed E-state index contributed by atoms with van der Waals surface area (Å²) >= 11 is 0. The molecule has 0 saturated carbocycles. The van der Waals surface area contributed by atoms with Gasteiger partial charge in [-0.3, -0.25) is 14.6 Å². The molecule has 2 aliphatic rings. The van der Waals surface area contributed by atoms with Crippen molar-refractivity contribution < 1.29 is 14.3 Å². The van der Waals surface area contributed by atoms with Gasteiger partial charge in [-0.2, -0.15) is 0 Å². The lowest BCUT2D eigenvalue weighted by atomic mass is 9.99. The van der Waals surface area contributed by atoms with Crippen LogP contribution in [0.2, 0.25) is 0 Å². The Morgan fingerprint density at radius 2 is 2.07 bits per heavy atom. The zero-order chi connectivity index (χ0) is 19.3. The van der Waals surface area contributed by atoms with Crippen LogP contribution in [0, 0.1) is 5.92 Å². The van der Waals surface area contributed by atoms with Crippen LogP contribution in [0.5, 0.6) is 0 Å². The van der Waals surface area contributed by atoms with Crippen LogP contribution in [0.15, 0.2) is 36.8 Å². The normalized spacial score (nSPS) is 17.0. The average Bonchev–Trinajstić information content (AvgIpc) is 2.75. The van der Waals surface area contributed by atoms with E-state index in [2.05, 4.69) is 20.6 Å². The molecule has 8 nitrogen and oxygen atoms in total. The van der Waals surface area contributed by atoms with Gasteiger partial charge in [0.1, 0.15) is 5.82 Å². The number of carbonyl (C=O) groups excluding carboxylic acids is 2. The second-order valence-corrected chi connectivity index (χ2v) is 7.04. The number of nitrogens with one attached hydrogen (secondary N) is 2. The zero-order valence-corrected chi connectivity index (χ0v) is 15.6. The van der Waals surface area contributed by atoms with Gasteiger partial charge in [-0.15, -0.1) is 0 Å². The van der Waals surface area contributed by atoms with Crippen LogP contribution in [0.1, 0.15) is 28.8 Å². The third-order valence-corrected chi connectivity index (χ3v) is 5.11. The SMILES string of the molecule is O=C(NCc1ccncc1)c1cnc2c(c1)N(CC1CCOCC1)C(=O)CN2. The number of ether oxygens (including phenoxy) is 1. The first-order chi connectivity index (χ1) is 13.7. The summed E-state index contributed by atoms with van der Waals surface area (Å²) in [6.45, 7) is 2.71. The van der Waals surface area contributed by atoms with Crippen molar-refractivity contribution in [2.24, 2.45) is 5.92 Å². The number of fused-ring (bicyclic) bond motifs is 1. The number of rotatable bonds is 5. The monoisotopic (exact) mass is 381 g/mol. The van der Waals surface area contributed by atoms with Gasteiger partial charge in [0.2, 0.25) is 5.91 Å². The molecule has 2 aromatic rings. The summed E-state index contributed by atoms with van der Waals surface area (Å²) in [4.78, 5) is 35.2. The molecule has 0 spiro atoms. The van der Waals surface area contributed by atoms with Gasteiger partial charge in [0.05, 0.1) is 17.8 Å². The molecule has 0 aromatic carbocycles. The Bertz CT molecular complexity index is 852. The van der Waals surface area contributed by atoms with Gasteiger partial charge in [0, 0.05) is 44.9 Å². The Labute approximate surface area is 163 Å². The first-order valence-corrected chi connectivity index (χ1v) is 9.50. The Balaban J connectivity index is 1.50. The highest BCUT2D eigenvalue weighted by atomic mass is 16.5. The van der Waals surface area contributed by atoms with Gasteiger partial charge in [0.25, 0.3) is 5.91 Å². The topological polar surface area (TPSA) is 96.5 Å². The molecule has 4 rings (SSSR count). The number of hydrogen-bond acceptors (Lipinski definition) is 6. The van der Waals surface area contributed by atoms with Gasteiger partial charge < -0.3 is 20.3 Å². The van der Waals surface area contributed by atoms with E-state index in [1.807, 2.05) is 12.1 Å². The van der Waals surface area contributed by atoms with Crippen LogP contribution in [0.3, 0.4) is 0 Å². The Hall–Kier alpha value is -3.00. The second kappa shape index (κ2) is 8.35. The largest absolute Gasteiger partial charge is 0.381 e. The van der Waals surface area contributed by atoms with Crippen LogP contribution in [0.4, 0.5) is 11.5 Å². The minimum atomic E-state index is -0.226. The molecule has 4 heterocycles. The van der Waals surface area contributed by atoms with Gasteiger partial charge in [-0.25, -0.2) is 4.98 Å². The molecule has 28 heavy (non-hydrogen) atoms. The molecule has 0 bridgehead atoms. The Morgan fingerprint density at radius 1 is 1.29 bits per heavy atom. The highest BCUT2D eigenvalue weighted by molar-refractivity contribution is 6.04. The maximum Gasteiger partial charge on any atom is 0.253 e. The van der Waals surface area contributed by atoms with Crippen LogP contribution < -0.4 is 15.5 Å². The van der Waals surface area contributed by atoms with Crippen LogP contribution >= 0.6 is 0 Å². The molecular formula is C20H23N5O3. The van der Waals surface area contributed by atoms with Crippen molar-refractivity contribution in [1.82, 2.24) is 15.3 Å². The molecule has 146 valence electrons. The molecule has 1 fully saturated rings. The minimum Gasteiger partial charge on any atom is -0.381 e. The number of carbonyl (C=O) groups is 2. The summed E-state index contributed by atoms with van der Waals surface area (Å²) in [5, 5.41) is 5.92. The van der Waals surface area contributed by atoms with E-state index >= 15 is 0 Å². The summed E-state index contributed by atoms with van der Waals surface area (Å²) in [7, 11) is 0. The third kappa shape index (κ3) is 4.12. The molecular weight excluding hydrogens is 358 g/mol. The van der Waals surface area contributed by atoms with E-state index in [1.165, 1.54) is 6.20 Å². The first kappa shape index (κ1) is 18.4. The Morgan fingerprint density at radius 3 is 2.86 bits per heavy atom. The summed E-state index contributed by atoms with van der Waals surface area (Å²) in [5.74, 6) is 0.802. The number of nitrogens with zero attached hydrogens (tertiary/aromatic N) is 3. The number of amides is 2. The quantitative estimate of drug-likeness (QED) is 0.817. The van der Waals surface area contributed by atoms with Crippen molar-refractivity contribution in [3.63, 3.8) is 0 Å². The van der Waals surface area contributed by atoms with E-state index < -0.39 is 0 Å². The fourth-order valence-corrected chi connectivity index (χ4v) is 3.48. The van der Waals surface area contributed by atoms with E-state index in [1.54, 1.807) is 23.4 Å². The summed E-state index contributed by atoms with van der Waals surface area (Å²) < 4.78 is 5.41. The summed E-state index contributed by atoms with van der Waals surface area (Å²) in [5.41, 5.74) is 2.06. The van der Waals surface area contributed by atoms with Crippen LogP contribution in [-0.2, 0) is 16.1 Å². The van der Waals surface area contributed by atoms with Crippen molar-refractivity contribution in [1.29, 1.82) is 0 Å². The lowest BCUT2D eigenvalue weighted by molar-refractivity contribution is -0.117. The third-order valence-electron chi connectivity index (χ3n) is 5.11. The lowest BCUT2D eigenvalue weighted by Crippen LogP contribution is -2.44. The molecule has 0 atom stereocenters. The molecule has 2 aliphatic heterocycles. The number of hydrogen-bond donors (Lipinski definition) is 2. The standard InChI is InChI=1S/C20H23N5O3/c26-18-12-23-19-17(25(18)13-15-3-7-28-8-4-15)9-16(11-22-19)20(27)24-10-14-1-5-21-6-2-14/h1-2,5-6,9,11,15H,3-4,7-8,10,12-13H2,(H,22,23)(H,24,27). The van der Waals surface area contributed by atoms with E-state index in [0.717, 1.165) is 31.6 Å². The molecule has 2 amide bonds. The maximum absolute atomic E-state index is 12.6. The maximum atomic E-state index is 12.6. The van der Waals surface area contributed by atoms with Gasteiger partial charge in [-0.1, -0.05) is 0 Å². The molecule has 0 radical (unpaired) electrons. The van der Waals surface area contributed by atoms with Gasteiger partial charge in [-0.05, 0) is 42.5 Å². The zero-order valence-electron chi connectivity index (χ0n) is 15.6. The second-order valence-electron chi connectivity index (χ2n) is 7.04. The number of anilines is 2. The molecule has 1 saturated heterocycles. The summed E-state index contributed by atoms with van der Waals surface area (Å²) in [6, 6.07) is 5.45. The van der Waals surface area contributed by atoms with Gasteiger partial charge >= 0.3 is 0 Å². The first-order valence-electron chi connectivity index (χ1n) is 9.50. The predicted molar refractivity (Wildman–Crippen MR) is 104 cm³/mol.